The van der Waals surface area contributed by atoms with Gasteiger partial charge in [-0.05, 0) is 62.2 Å². The summed E-state index contributed by atoms with van der Waals surface area (Å²) in [5.74, 6) is 2.63. The van der Waals surface area contributed by atoms with Gasteiger partial charge in [0.1, 0.15) is 0 Å². The Morgan fingerprint density at radius 3 is 2.59 bits per heavy atom. The molecule has 0 saturated heterocycles. The highest BCUT2D eigenvalue weighted by atomic mass is 16.1. The van der Waals surface area contributed by atoms with E-state index in [0.29, 0.717) is 12.5 Å². The summed E-state index contributed by atoms with van der Waals surface area (Å²) in [5, 5.41) is 3.14. The molecule has 2 fully saturated rings. The lowest BCUT2D eigenvalue weighted by molar-refractivity contribution is -0.122. The van der Waals surface area contributed by atoms with Crippen LogP contribution in [0.4, 0.5) is 0 Å². The molecule has 1 N–H and O–H groups in total. The molecule has 22 heavy (non-hydrogen) atoms. The third-order valence-electron chi connectivity index (χ3n) is 5.41. The van der Waals surface area contributed by atoms with Crippen molar-refractivity contribution >= 4 is 5.91 Å². The topological polar surface area (TPSA) is 32.3 Å². The van der Waals surface area contributed by atoms with E-state index in [-0.39, 0.29) is 5.91 Å². The van der Waals surface area contributed by atoms with E-state index in [0.717, 1.165) is 24.8 Å². The van der Waals surface area contributed by atoms with Gasteiger partial charge < -0.3 is 10.2 Å². The molecule has 2 aliphatic rings. The molecule has 0 aliphatic heterocycles. The average Bonchev–Trinajstić information content (AvgIpc) is 3.08. The molecule has 0 heterocycles. The largest absolute Gasteiger partial charge is 0.352 e. The van der Waals surface area contributed by atoms with Crippen LogP contribution in [0.15, 0.2) is 24.3 Å². The fourth-order valence-electron chi connectivity index (χ4n) is 4.36. The molecule has 3 heteroatoms. The predicted molar refractivity (Wildman–Crippen MR) is 89.2 cm³/mol. The highest BCUT2D eigenvalue weighted by molar-refractivity contribution is 5.76. The minimum absolute atomic E-state index is 0.234. The summed E-state index contributed by atoms with van der Waals surface area (Å²) in [6, 6.07) is 8.39. The van der Waals surface area contributed by atoms with Crippen molar-refractivity contribution in [1.82, 2.24) is 10.2 Å². The quantitative estimate of drug-likeness (QED) is 0.875. The van der Waals surface area contributed by atoms with E-state index in [2.05, 4.69) is 48.6 Å². The van der Waals surface area contributed by atoms with E-state index >= 15 is 0 Å². The molecule has 3 rings (SSSR count). The zero-order valence-electron chi connectivity index (χ0n) is 13.8. The lowest BCUT2D eigenvalue weighted by Crippen LogP contribution is -2.27. The number of nitrogens with zero attached hydrogens (tertiary/aromatic N) is 1. The van der Waals surface area contributed by atoms with Gasteiger partial charge in [-0.3, -0.25) is 4.79 Å². The molecule has 2 saturated carbocycles. The summed E-state index contributed by atoms with van der Waals surface area (Å²) in [5.41, 5.74) is 2.53. The van der Waals surface area contributed by atoms with Crippen LogP contribution in [0, 0.1) is 17.8 Å². The number of hydrogen-bond donors (Lipinski definition) is 1. The van der Waals surface area contributed by atoms with Crippen LogP contribution < -0.4 is 5.32 Å². The molecule has 3 atom stereocenters. The lowest BCUT2D eigenvalue weighted by Gasteiger charge is -2.21. The second-order valence-corrected chi connectivity index (χ2v) is 7.42. The third-order valence-corrected chi connectivity index (χ3v) is 5.41. The van der Waals surface area contributed by atoms with Gasteiger partial charge in [-0.1, -0.05) is 30.7 Å². The fraction of sp³-hybridized carbons (Fsp3) is 0.632. The molecule has 3 nitrogen and oxygen atoms in total. The van der Waals surface area contributed by atoms with Crippen LogP contribution in [0.25, 0.3) is 0 Å². The zero-order valence-corrected chi connectivity index (χ0v) is 13.8. The van der Waals surface area contributed by atoms with Crippen LogP contribution in [0.3, 0.4) is 0 Å². The molecule has 2 aliphatic carbocycles. The Morgan fingerprint density at radius 1 is 1.18 bits per heavy atom. The summed E-state index contributed by atoms with van der Waals surface area (Å²) >= 11 is 0. The fourth-order valence-corrected chi connectivity index (χ4v) is 4.36. The van der Waals surface area contributed by atoms with E-state index in [4.69, 9.17) is 0 Å². The van der Waals surface area contributed by atoms with Gasteiger partial charge in [0.05, 0.1) is 0 Å². The summed E-state index contributed by atoms with van der Waals surface area (Å²) in [6.07, 6.45) is 6.16. The minimum Gasteiger partial charge on any atom is -0.352 e. The molecule has 0 aromatic heterocycles. The van der Waals surface area contributed by atoms with Crippen molar-refractivity contribution in [3.63, 3.8) is 0 Å². The van der Waals surface area contributed by atoms with Gasteiger partial charge in [-0.2, -0.15) is 0 Å². The van der Waals surface area contributed by atoms with Crippen LogP contribution >= 0.6 is 0 Å². The molecule has 0 unspecified atom stereocenters. The Hall–Kier alpha value is -1.35. The number of fused-ring (bicyclic) bond motifs is 2. The minimum atomic E-state index is 0.234. The summed E-state index contributed by atoms with van der Waals surface area (Å²) in [6.45, 7) is 1.57. The van der Waals surface area contributed by atoms with Crippen LogP contribution in [0.2, 0.25) is 0 Å². The number of rotatable bonds is 6. The molecule has 1 aromatic rings. The number of hydrogen-bond acceptors (Lipinski definition) is 2. The first-order chi connectivity index (χ1) is 10.6. The van der Waals surface area contributed by atoms with E-state index in [9.17, 15) is 4.79 Å². The lowest BCUT2D eigenvalue weighted by atomic mass is 9.86. The first-order valence-electron chi connectivity index (χ1n) is 8.60. The Kier molecular flexibility index (Phi) is 4.82. The number of benzene rings is 1. The van der Waals surface area contributed by atoms with E-state index in [1.807, 2.05) is 0 Å². The van der Waals surface area contributed by atoms with Crippen LogP contribution in [-0.4, -0.2) is 24.9 Å². The van der Waals surface area contributed by atoms with Gasteiger partial charge in [-0.15, -0.1) is 0 Å². The normalized spacial score (nSPS) is 26.6. The van der Waals surface area contributed by atoms with E-state index in [1.54, 1.807) is 0 Å². The summed E-state index contributed by atoms with van der Waals surface area (Å²) in [7, 11) is 4.15. The van der Waals surface area contributed by atoms with Crippen molar-refractivity contribution in [3.05, 3.63) is 35.4 Å². The molecular formula is C19H28N2O. The molecule has 0 radical (unpaired) electrons. The van der Waals surface area contributed by atoms with Gasteiger partial charge in [0.2, 0.25) is 5.91 Å². The van der Waals surface area contributed by atoms with Gasteiger partial charge in [0.25, 0.3) is 0 Å². The van der Waals surface area contributed by atoms with Crippen LogP contribution in [-0.2, 0) is 17.9 Å². The maximum Gasteiger partial charge on any atom is 0.220 e. The van der Waals surface area contributed by atoms with Crippen molar-refractivity contribution in [3.8, 4) is 0 Å². The molecule has 120 valence electrons. The van der Waals surface area contributed by atoms with Gasteiger partial charge in [0.15, 0.2) is 0 Å². The van der Waals surface area contributed by atoms with Crippen LogP contribution in [0.5, 0.6) is 0 Å². The SMILES string of the molecule is CN(C)Cc1ccccc1CNC(=O)C[C@@H]1C[C@@H]2CC[C@@H]1C2. The summed E-state index contributed by atoms with van der Waals surface area (Å²) < 4.78 is 0. The van der Waals surface area contributed by atoms with Gasteiger partial charge in [0, 0.05) is 19.5 Å². The molecule has 1 aromatic carbocycles. The first-order valence-corrected chi connectivity index (χ1v) is 8.60. The Labute approximate surface area is 134 Å². The van der Waals surface area contributed by atoms with Gasteiger partial charge >= 0.3 is 0 Å². The predicted octanol–water partition coefficient (Wildman–Crippen LogP) is 3.19. The zero-order chi connectivity index (χ0) is 15.5. The first kappa shape index (κ1) is 15.5. The van der Waals surface area contributed by atoms with Crippen molar-refractivity contribution < 1.29 is 4.79 Å². The summed E-state index contributed by atoms with van der Waals surface area (Å²) in [4.78, 5) is 14.4. The van der Waals surface area contributed by atoms with Crippen molar-refractivity contribution in [2.75, 3.05) is 14.1 Å². The second-order valence-electron chi connectivity index (χ2n) is 7.42. The van der Waals surface area contributed by atoms with E-state index < -0.39 is 0 Å². The molecule has 0 spiro atoms. The number of nitrogens with one attached hydrogen (secondary N) is 1. The van der Waals surface area contributed by atoms with Crippen LogP contribution in [0.1, 0.15) is 43.2 Å². The highest BCUT2D eigenvalue weighted by Gasteiger charge is 2.39. The standard InChI is InChI=1S/C19H28N2O/c1-21(2)13-17-6-4-3-5-16(17)12-20-19(22)11-18-10-14-7-8-15(18)9-14/h3-6,14-15,18H,7-13H2,1-2H3,(H,20,22)/t14-,15-,18+/m1/s1. The monoisotopic (exact) mass is 300 g/mol. The molecular weight excluding hydrogens is 272 g/mol. The smallest absolute Gasteiger partial charge is 0.220 e. The average molecular weight is 300 g/mol. The number of carbonyl (C=O) groups excluding carboxylic acids is 1. The highest BCUT2D eigenvalue weighted by Crippen LogP contribution is 2.49. The van der Waals surface area contributed by atoms with Gasteiger partial charge in [-0.25, -0.2) is 0 Å². The third kappa shape index (κ3) is 3.70. The molecule has 2 bridgehead atoms. The number of amides is 1. The Balaban J connectivity index is 1.51. The maximum atomic E-state index is 12.3. The Bertz CT molecular complexity index is 526. The second kappa shape index (κ2) is 6.82. The van der Waals surface area contributed by atoms with Crippen molar-refractivity contribution in [1.29, 1.82) is 0 Å². The van der Waals surface area contributed by atoms with Crippen molar-refractivity contribution in [2.24, 2.45) is 17.8 Å². The van der Waals surface area contributed by atoms with E-state index in [1.165, 1.54) is 36.8 Å². The Morgan fingerprint density at radius 2 is 1.95 bits per heavy atom. The molecule has 1 amide bonds. The number of carbonyl (C=O) groups is 1. The van der Waals surface area contributed by atoms with Crippen molar-refractivity contribution in [2.45, 2.75) is 45.2 Å². The maximum absolute atomic E-state index is 12.3.